The average molecular weight is 515 g/mol. The molecule has 9 heteroatoms. The first-order valence-corrected chi connectivity index (χ1v) is 13.1. The Kier molecular flexibility index (Phi) is 5.73. The minimum absolute atomic E-state index is 0.188. The third-order valence-electron chi connectivity index (χ3n) is 7.21. The number of rotatable bonds is 5. The number of nitrogens with zero attached hydrogens (tertiary/aromatic N) is 5. The van der Waals surface area contributed by atoms with Crippen molar-refractivity contribution in [1.29, 1.82) is 0 Å². The number of amides is 1. The van der Waals surface area contributed by atoms with Crippen LogP contribution >= 0.6 is 0 Å². The number of carbonyl (C=O) groups is 1. The highest BCUT2D eigenvalue weighted by Gasteiger charge is 2.19. The molecule has 6 heterocycles. The molecule has 0 bridgehead atoms. The summed E-state index contributed by atoms with van der Waals surface area (Å²) in [6.07, 6.45) is 10.7. The van der Waals surface area contributed by atoms with Crippen molar-refractivity contribution in [3.63, 3.8) is 0 Å². The molecule has 0 atom stereocenters. The molecule has 1 aromatic carbocycles. The number of aromatic nitrogens is 6. The van der Waals surface area contributed by atoms with Gasteiger partial charge in [-0.15, -0.1) is 0 Å². The third-order valence-corrected chi connectivity index (χ3v) is 7.21. The normalized spacial score (nSPS) is 13.7. The van der Waals surface area contributed by atoms with E-state index in [1.165, 1.54) is 19.3 Å². The Morgan fingerprint density at radius 2 is 1.74 bits per heavy atom. The van der Waals surface area contributed by atoms with Crippen LogP contribution in [0.4, 0.5) is 11.5 Å². The molecule has 0 unspecified atom stereocenters. The summed E-state index contributed by atoms with van der Waals surface area (Å²) in [6, 6.07) is 17.1. The van der Waals surface area contributed by atoms with Crippen LogP contribution in [0.2, 0.25) is 0 Å². The molecule has 9 nitrogen and oxygen atoms in total. The zero-order valence-corrected chi connectivity index (χ0v) is 21.2. The molecule has 3 N–H and O–H groups in total. The van der Waals surface area contributed by atoms with E-state index in [9.17, 15) is 4.79 Å². The van der Waals surface area contributed by atoms with E-state index < -0.39 is 0 Å². The van der Waals surface area contributed by atoms with E-state index in [-0.39, 0.29) is 5.91 Å². The van der Waals surface area contributed by atoms with Gasteiger partial charge in [-0.1, -0.05) is 18.2 Å². The molecule has 0 radical (unpaired) electrons. The van der Waals surface area contributed by atoms with Gasteiger partial charge in [0.1, 0.15) is 11.5 Å². The number of H-pyrrole nitrogens is 2. The Bertz CT molecular complexity index is 1800. The predicted octanol–water partition coefficient (Wildman–Crippen LogP) is 5.81. The number of hydrogen-bond donors (Lipinski definition) is 3. The van der Waals surface area contributed by atoms with Gasteiger partial charge in [0.05, 0.1) is 40.5 Å². The molecule has 1 aliphatic rings. The smallest absolute Gasteiger partial charge is 0.255 e. The number of anilines is 2. The number of nitrogens with one attached hydrogen (secondary N) is 3. The number of aromatic amines is 2. The van der Waals surface area contributed by atoms with Crippen molar-refractivity contribution in [3.8, 4) is 22.6 Å². The van der Waals surface area contributed by atoms with Gasteiger partial charge in [-0.05, 0) is 55.7 Å². The maximum Gasteiger partial charge on any atom is 0.255 e. The van der Waals surface area contributed by atoms with Crippen LogP contribution < -0.4 is 10.2 Å². The Morgan fingerprint density at radius 3 is 2.62 bits per heavy atom. The highest BCUT2D eigenvalue weighted by molar-refractivity contribution is 6.04. The number of pyridine rings is 3. The Labute approximate surface area is 224 Å². The topological polar surface area (TPSA) is 115 Å². The molecule has 1 saturated heterocycles. The van der Waals surface area contributed by atoms with Gasteiger partial charge >= 0.3 is 0 Å². The third kappa shape index (κ3) is 4.37. The average Bonchev–Trinajstić information content (AvgIpc) is 3.62. The van der Waals surface area contributed by atoms with E-state index in [2.05, 4.69) is 41.4 Å². The highest BCUT2D eigenvalue weighted by atomic mass is 16.1. The van der Waals surface area contributed by atoms with Crippen molar-refractivity contribution in [2.45, 2.75) is 19.3 Å². The van der Waals surface area contributed by atoms with E-state index in [0.29, 0.717) is 11.3 Å². The summed E-state index contributed by atoms with van der Waals surface area (Å²) in [4.78, 5) is 32.2. The molecule has 192 valence electrons. The molecule has 5 aromatic heterocycles. The summed E-state index contributed by atoms with van der Waals surface area (Å²) in [5, 5.41) is 12.7. The molecule has 6 aromatic rings. The zero-order chi connectivity index (χ0) is 26.2. The highest BCUT2D eigenvalue weighted by Crippen LogP contribution is 2.34. The van der Waals surface area contributed by atoms with E-state index in [1.54, 1.807) is 30.7 Å². The molecule has 1 aliphatic heterocycles. The molecule has 1 fully saturated rings. The van der Waals surface area contributed by atoms with Gasteiger partial charge in [0.2, 0.25) is 0 Å². The van der Waals surface area contributed by atoms with Crippen LogP contribution in [-0.2, 0) is 0 Å². The molecular formula is C30H26N8O. The van der Waals surface area contributed by atoms with Gasteiger partial charge in [-0.25, -0.2) is 4.98 Å². The Balaban J connectivity index is 1.22. The fourth-order valence-electron chi connectivity index (χ4n) is 5.25. The maximum atomic E-state index is 12.6. The van der Waals surface area contributed by atoms with Crippen LogP contribution in [0.15, 0.2) is 79.4 Å². The lowest BCUT2D eigenvalue weighted by Gasteiger charge is -2.28. The van der Waals surface area contributed by atoms with Crippen molar-refractivity contribution < 1.29 is 4.79 Å². The van der Waals surface area contributed by atoms with E-state index in [1.807, 2.05) is 42.6 Å². The van der Waals surface area contributed by atoms with Crippen molar-refractivity contribution in [2.24, 2.45) is 0 Å². The second-order valence-electron chi connectivity index (χ2n) is 9.80. The van der Waals surface area contributed by atoms with Crippen LogP contribution in [0.1, 0.15) is 29.6 Å². The largest absolute Gasteiger partial charge is 0.356 e. The standard InChI is InChI=1S/C30H26N8O/c39-30(19-7-3-1-4-8-19)34-21-13-20(16-31-17-21)25-14-22-27(18-33-25)36-37-28(22)26-15-23-24(35-26)9-10-32-29(23)38-11-5-2-6-12-38/h1,3-4,7-10,13-18,35H,2,5-6,11-12H2,(H,34,39)(H,36,37). The molecule has 0 saturated carbocycles. The van der Waals surface area contributed by atoms with Crippen molar-refractivity contribution >= 4 is 39.2 Å². The first kappa shape index (κ1) is 23.1. The molecular weight excluding hydrogens is 488 g/mol. The number of carbonyl (C=O) groups excluding carboxylic acids is 1. The number of benzene rings is 1. The van der Waals surface area contributed by atoms with Gasteiger partial charge in [-0.3, -0.25) is 19.9 Å². The van der Waals surface area contributed by atoms with E-state index in [0.717, 1.165) is 63.4 Å². The van der Waals surface area contributed by atoms with Crippen molar-refractivity contribution in [2.75, 3.05) is 23.3 Å². The van der Waals surface area contributed by atoms with Crippen LogP contribution in [-0.4, -0.2) is 49.1 Å². The number of fused-ring (bicyclic) bond motifs is 2. The predicted molar refractivity (Wildman–Crippen MR) is 153 cm³/mol. The Morgan fingerprint density at radius 1 is 0.872 bits per heavy atom. The van der Waals surface area contributed by atoms with Gasteiger partial charge in [0.15, 0.2) is 0 Å². The van der Waals surface area contributed by atoms with Crippen LogP contribution in [0.3, 0.4) is 0 Å². The van der Waals surface area contributed by atoms with Crippen molar-refractivity contribution in [3.05, 3.63) is 84.9 Å². The van der Waals surface area contributed by atoms with Gasteiger partial charge < -0.3 is 15.2 Å². The molecule has 0 spiro atoms. The Hall–Kier alpha value is -5.05. The zero-order valence-electron chi connectivity index (χ0n) is 21.2. The van der Waals surface area contributed by atoms with E-state index in [4.69, 9.17) is 4.98 Å². The van der Waals surface area contributed by atoms with E-state index >= 15 is 0 Å². The second kappa shape index (κ2) is 9.68. The fourth-order valence-corrected chi connectivity index (χ4v) is 5.25. The molecule has 1 amide bonds. The lowest BCUT2D eigenvalue weighted by Crippen LogP contribution is -2.30. The SMILES string of the molecule is O=C(Nc1cncc(-c2cc3c(-c4cc5c(N6CCCCC6)nccc5[nH]4)n[nH]c3cn2)c1)c1ccccc1. The summed E-state index contributed by atoms with van der Waals surface area (Å²) in [5.74, 6) is 0.838. The van der Waals surface area contributed by atoms with Gasteiger partial charge in [0.25, 0.3) is 5.91 Å². The van der Waals surface area contributed by atoms with Gasteiger partial charge in [-0.2, -0.15) is 5.10 Å². The first-order valence-electron chi connectivity index (χ1n) is 13.1. The first-order chi connectivity index (χ1) is 19.2. The quantitative estimate of drug-likeness (QED) is 0.268. The monoisotopic (exact) mass is 514 g/mol. The summed E-state index contributed by atoms with van der Waals surface area (Å²) in [5.41, 5.74) is 6.33. The fraction of sp³-hybridized carbons (Fsp3) is 0.167. The number of hydrogen-bond acceptors (Lipinski definition) is 6. The molecule has 7 rings (SSSR count). The molecule has 0 aliphatic carbocycles. The summed E-state index contributed by atoms with van der Waals surface area (Å²) in [6.45, 7) is 2.07. The van der Waals surface area contributed by atoms with Crippen LogP contribution in [0.25, 0.3) is 44.5 Å². The summed E-state index contributed by atoms with van der Waals surface area (Å²) < 4.78 is 0. The second-order valence-corrected chi connectivity index (χ2v) is 9.80. The van der Waals surface area contributed by atoms with Gasteiger partial charge in [0, 0.05) is 47.4 Å². The van der Waals surface area contributed by atoms with Crippen LogP contribution in [0, 0.1) is 0 Å². The van der Waals surface area contributed by atoms with Crippen LogP contribution in [0.5, 0.6) is 0 Å². The lowest BCUT2D eigenvalue weighted by molar-refractivity contribution is 0.102. The summed E-state index contributed by atoms with van der Waals surface area (Å²) in [7, 11) is 0. The minimum Gasteiger partial charge on any atom is -0.356 e. The minimum atomic E-state index is -0.188. The number of piperidine rings is 1. The molecule has 39 heavy (non-hydrogen) atoms. The lowest BCUT2D eigenvalue weighted by atomic mass is 10.1. The van der Waals surface area contributed by atoms with Crippen molar-refractivity contribution in [1.82, 2.24) is 30.1 Å². The maximum absolute atomic E-state index is 12.6. The summed E-state index contributed by atoms with van der Waals surface area (Å²) >= 11 is 0.